The fourth-order valence-corrected chi connectivity index (χ4v) is 5.63. The van der Waals surface area contributed by atoms with Gasteiger partial charge in [0.25, 0.3) is 10.0 Å². The molecule has 0 unspecified atom stereocenters. The number of aryl methyl sites for hydroxylation is 2. The van der Waals surface area contributed by atoms with Crippen molar-refractivity contribution in [3.05, 3.63) is 89.5 Å². The first-order valence-corrected chi connectivity index (χ1v) is 13.8. The van der Waals surface area contributed by atoms with E-state index in [0.717, 1.165) is 21.0 Å². The lowest BCUT2D eigenvalue weighted by Gasteiger charge is -2.33. The summed E-state index contributed by atoms with van der Waals surface area (Å²) in [4.78, 5) is 28.2. The molecule has 1 N–H and O–H groups in total. The number of sulfonamides is 1. The summed E-state index contributed by atoms with van der Waals surface area (Å²) in [6.45, 7) is 5.15. The van der Waals surface area contributed by atoms with E-state index in [0.29, 0.717) is 12.2 Å². The number of ether oxygens (including phenoxy) is 1. The standard InChI is InChI=1S/C29H35N3O5S/c1-6-25(29(34)30-4)31(19-23-10-8-7-9-11-23)28(33)20-32(26-18-22(3)14-17-27(26)37-5)38(35,36)24-15-12-21(2)13-16-24/h7-18,25H,6,19-20H2,1-5H3,(H,30,34)/t25-/m0/s1. The highest BCUT2D eigenvalue weighted by Gasteiger charge is 2.34. The number of carbonyl (C=O) groups is 2. The molecule has 202 valence electrons. The molecular weight excluding hydrogens is 502 g/mol. The van der Waals surface area contributed by atoms with Crippen molar-refractivity contribution >= 4 is 27.5 Å². The van der Waals surface area contributed by atoms with Crippen LogP contribution in [0.3, 0.4) is 0 Å². The highest BCUT2D eigenvalue weighted by atomic mass is 32.2. The van der Waals surface area contributed by atoms with Crippen LogP contribution in [0, 0.1) is 13.8 Å². The summed E-state index contributed by atoms with van der Waals surface area (Å²) >= 11 is 0. The lowest BCUT2D eigenvalue weighted by molar-refractivity contribution is -0.140. The van der Waals surface area contributed by atoms with E-state index >= 15 is 0 Å². The molecule has 0 bridgehead atoms. The molecule has 3 aromatic rings. The Morgan fingerprint density at radius 1 is 0.947 bits per heavy atom. The molecule has 0 saturated carbocycles. The van der Waals surface area contributed by atoms with Crippen molar-refractivity contribution in [1.29, 1.82) is 0 Å². The van der Waals surface area contributed by atoms with Crippen LogP contribution >= 0.6 is 0 Å². The number of benzene rings is 3. The van der Waals surface area contributed by atoms with Crippen LogP contribution in [0.4, 0.5) is 5.69 Å². The zero-order valence-corrected chi connectivity index (χ0v) is 23.3. The topological polar surface area (TPSA) is 96.0 Å². The number of rotatable bonds is 11. The van der Waals surface area contributed by atoms with Gasteiger partial charge in [-0.2, -0.15) is 0 Å². The summed E-state index contributed by atoms with van der Waals surface area (Å²) in [6, 6.07) is 20.1. The van der Waals surface area contributed by atoms with Gasteiger partial charge in [0.05, 0.1) is 17.7 Å². The minimum Gasteiger partial charge on any atom is -0.495 e. The SMILES string of the molecule is CC[C@@H](C(=O)NC)N(Cc1ccccc1)C(=O)CN(c1cc(C)ccc1OC)S(=O)(=O)c1ccc(C)cc1. The molecule has 38 heavy (non-hydrogen) atoms. The van der Waals surface area contributed by atoms with E-state index in [1.54, 1.807) is 30.3 Å². The zero-order chi connectivity index (χ0) is 27.9. The average Bonchev–Trinajstić information content (AvgIpc) is 2.92. The molecule has 0 aliphatic heterocycles. The lowest BCUT2D eigenvalue weighted by Crippen LogP contribution is -2.51. The van der Waals surface area contributed by atoms with Crippen LogP contribution < -0.4 is 14.4 Å². The summed E-state index contributed by atoms with van der Waals surface area (Å²) < 4.78 is 34.5. The van der Waals surface area contributed by atoms with Crippen molar-refractivity contribution in [2.45, 2.75) is 44.7 Å². The van der Waals surface area contributed by atoms with Gasteiger partial charge in [-0.3, -0.25) is 13.9 Å². The van der Waals surface area contributed by atoms with Crippen LogP contribution in [0.25, 0.3) is 0 Å². The van der Waals surface area contributed by atoms with Crippen molar-refractivity contribution in [3.63, 3.8) is 0 Å². The molecule has 0 aliphatic rings. The summed E-state index contributed by atoms with van der Waals surface area (Å²) in [5.41, 5.74) is 2.78. The first-order chi connectivity index (χ1) is 18.1. The monoisotopic (exact) mass is 537 g/mol. The quantitative estimate of drug-likeness (QED) is 0.398. The van der Waals surface area contributed by atoms with E-state index in [2.05, 4.69) is 5.32 Å². The van der Waals surface area contributed by atoms with Crippen molar-refractivity contribution in [3.8, 4) is 5.75 Å². The van der Waals surface area contributed by atoms with Gasteiger partial charge in [0.2, 0.25) is 11.8 Å². The van der Waals surface area contributed by atoms with E-state index in [4.69, 9.17) is 4.74 Å². The zero-order valence-electron chi connectivity index (χ0n) is 22.5. The molecule has 0 fully saturated rings. The Labute approximate surface area is 225 Å². The molecule has 0 saturated heterocycles. The Kier molecular flexibility index (Phi) is 9.52. The van der Waals surface area contributed by atoms with E-state index in [1.807, 2.05) is 51.1 Å². The number of hydrogen-bond acceptors (Lipinski definition) is 5. The van der Waals surface area contributed by atoms with Gasteiger partial charge in [-0.1, -0.05) is 61.0 Å². The van der Waals surface area contributed by atoms with Gasteiger partial charge in [0, 0.05) is 13.6 Å². The molecule has 8 nitrogen and oxygen atoms in total. The minimum absolute atomic E-state index is 0.0485. The molecule has 3 rings (SSSR count). The lowest BCUT2D eigenvalue weighted by atomic mass is 10.1. The molecular formula is C29H35N3O5S. The Balaban J connectivity index is 2.12. The fourth-order valence-electron chi connectivity index (χ4n) is 4.21. The Bertz CT molecular complexity index is 1360. The number of carbonyl (C=O) groups excluding carboxylic acids is 2. The van der Waals surface area contributed by atoms with Crippen LogP contribution in [0.2, 0.25) is 0 Å². The van der Waals surface area contributed by atoms with Crippen LogP contribution in [0.15, 0.2) is 77.7 Å². The third kappa shape index (κ3) is 6.52. The number of anilines is 1. The Morgan fingerprint density at radius 2 is 1.58 bits per heavy atom. The fraction of sp³-hybridized carbons (Fsp3) is 0.310. The third-order valence-corrected chi connectivity index (χ3v) is 8.09. The molecule has 0 aromatic heterocycles. The van der Waals surface area contributed by atoms with Gasteiger partial charge in [-0.05, 0) is 55.7 Å². The molecule has 0 spiro atoms. The first kappa shape index (κ1) is 28.7. The second-order valence-corrected chi connectivity index (χ2v) is 10.9. The predicted octanol–water partition coefficient (Wildman–Crippen LogP) is 4.06. The Hall–Kier alpha value is -3.85. The number of nitrogens with one attached hydrogen (secondary N) is 1. The van der Waals surface area contributed by atoms with Crippen molar-refractivity contribution in [1.82, 2.24) is 10.2 Å². The number of nitrogens with zero attached hydrogens (tertiary/aromatic N) is 2. The number of hydrogen-bond donors (Lipinski definition) is 1. The van der Waals surface area contributed by atoms with Gasteiger partial charge in [-0.15, -0.1) is 0 Å². The molecule has 2 amide bonds. The van der Waals surface area contributed by atoms with Crippen LogP contribution in [0.1, 0.15) is 30.0 Å². The normalized spacial score (nSPS) is 11.9. The van der Waals surface area contributed by atoms with Crippen molar-refractivity contribution in [2.24, 2.45) is 0 Å². The molecule has 9 heteroatoms. The van der Waals surface area contributed by atoms with Crippen LogP contribution in [0.5, 0.6) is 5.75 Å². The van der Waals surface area contributed by atoms with Gasteiger partial charge in [-0.25, -0.2) is 8.42 Å². The smallest absolute Gasteiger partial charge is 0.264 e. The molecule has 0 aliphatic carbocycles. The molecule has 0 heterocycles. The van der Waals surface area contributed by atoms with Gasteiger partial charge in [0.1, 0.15) is 18.3 Å². The molecule has 1 atom stereocenters. The third-order valence-electron chi connectivity index (χ3n) is 6.32. The molecule has 3 aromatic carbocycles. The van der Waals surface area contributed by atoms with Crippen LogP contribution in [-0.4, -0.2) is 51.9 Å². The maximum absolute atomic E-state index is 14.0. The predicted molar refractivity (Wildman–Crippen MR) is 149 cm³/mol. The average molecular weight is 538 g/mol. The molecule has 0 radical (unpaired) electrons. The van der Waals surface area contributed by atoms with Gasteiger partial charge < -0.3 is 15.0 Å². The maximum atomic E-state index is 14.0. The number of amides is 2. The van der Waals surface area contributed by atoms with Gasteiger partial charge in [0.15, 0.2) is 0 Å². The van der Waals surface area contributed by atoms with Crippen molar-refractivity contribution in [2.75, 3.05) is 25.0 Å². The first-order valence-electron chi connectivity index (χ1n) is 12.4. The van der Waals surface area contributed by atoms with E-state index < -0.39 is 28.5 Å². The van der Waals surface area contributed by atoms with E-state index in [9.17, 15) is 18.0 Å². The van der Waals surface area contributed by atoms with E-state index in [1.165, 1.54) is 31.2 Å². The summed E-state index contributed by atoms with van der Waals surface area (Å²) in [5, 5.41) is 2.62. The summed E-state index contributed by atoms with van der Waals surface area (Å²) in [6.07, 6.45) is 0.358. The number of likely N-dealkylation sites (N-methyl/N-ethyl adjacent to an activating group) is 1. The van der Waals surface area contributed by atoms with E-state index in [-0.39, 0.29) is 23.0 Å². The maximum Gasteiger partial charge on any atom is 0.264 e. The highest BCUT2D eigenvalue weighted by Crippen LogP contribution is 2.34. The number of methoxy groups -OCH3 is 1. The second-order valence-electron chi connectivity index (χ2n) is 9.05. The van der Waals surface area contributed by atoms with Crippen molar-refractivity contribution < 1.29 is 22.7 Å². The summed E-state index contributed by atoms with van der Waals surface area (Å²) in [7, 11) is -1.21. The van der Waals surface area contributed by atoms with Crippen LogP contribution in [-0.2, 0) is 26.2 Å². The Morgan fingerprint density at radius 3 is 2.16 bits per heavy atom. The van der Waals surface area contributed by atoms with Gasteiger partial charge >= 0.3 is 0 Å². The highest BCUT2D eigenvalue weighted by molar-refractivity contribution is 7.92. The second kappa shape index (κ2) is 12.6. The minimum atomic E-state index is -4.17. The summed E-state index contributed by atoms with van der Waals surface area (Å²) in [5.74, 6) is -0.520. The largest absolute Gasteiger partial charge is 0.495 e.